The highest BCUT2D eigenvalue weighted by Gasteiger charge is 2.01. The summed E-state index contributed by atoms with van der Waals surface area (Å²) in [6.45, 7) is 0.714. The molecule has 2 heterocycles. The van der Waals surface area contributed by atoms with Crippen molar-refractivity contribution in [1.82, 2.24) is 14.8 Å². The van der Waals surface area contributed by atoms with E-state index in [0.717, 1.165) is 5.56 Å². The van der Waals surface area contributed by atoms with Gasteiger partial charge in [0.15, 0.2) is 5.78 Å². The van der Waals surface area contributed by atoms with E-state index in [4.69, 9.17) is 0 Å². The Morgan fingerprint density at radius 1 is 1.09 bits per heavy atom. The highest BCUT2D eigenvalue weighted by molar-refractivity contribution is 6.06. The first kappa shape index (κ1) is 13.9. The monoisotopic (exact) mass is 289 g/mol. The third-order valence-corrected chi connectivity index (χ3v) is 3.21. The zero-order valence-electron chi connectivity index (χ0n) is 12.0. The molecule has 3 aromatic rings. The number of ketones is 1. The van der Waals surface area contributed by atoms with Crippen LogP contribution in [0.25, 0.3) is 6.08 Å². The molecule has 108 valence electrons. The van der Waals surface area contributed by atoms with Crippen molar-refractivity contribution in [2.45, 2.75) is 6.54 Å². The first-order valence-electron chi connectivity index (χ1n) is 7.00. The average Bonchev–Trinajstić information content (AvgIpc) is 3.02. The van der Waals surface area contributed by atoms with Crippen LogP contribution in [0, 0.1) is 0 Å². The molecule has 1 aromatic carbocycles. The highest BCUT2D eigenvalue weighted by Crippen LogP contribution is 2.07. The molecule has 0 amide bonds. The van der Waals surface area contributed by atoms with E-state index in [1.165, 1.54) is 5.56 Å². The molecule has 0 bridgehead atoms. The van der Waals surface area contributed by atoms with Crippen molar-refractivity contribution in [3.63, 3.8) is 0 Å². The molecule has 0 saturated heterocycles. The Morgan fingerprint density at radius 3 is 2.73 bits per heavy atom. The van der Waals surface area contributed by atoms with E-state index in [1.807, 2.05) is 29.1 Å². The van der Waals surface area contributed by atoms with Gasteiger partial charge in [-0.05, 0) is 29.8 Å². The summed E-state index contributed by atoms with van der Waals surface area (Å²) in [5.41, 5.74) is 2.66. The topological polar surface area (TPSA) is 47.8 Å². The van der Waals surface area contributed by atoms with Gasteiger partial charge in [-0.15, -0.1) is 0 Å². The molecule has 3 rings (SSSR count). The van der Waals surface area contributed by atoms with Crippen molar-refractivity contribution >= 4 is 11.9 Å². The van der Waals surface area contributed by atoms with Crippen LogP contribution in [0.4, 0.5) is 0 Å². The Labute approximate surface area is 128 Å². The fraction of sp³-hybridized carbons (Fsp3) is 0.0556. The van der Waals surface area contributed by atoms with Gasteiger partial charge in [0.05, 0.1) is 12.7 Å². The van der Waals surface area contributed by atoms with E-state index < -0.39 is 0 Å². The minimum absolute atomic E-state index is 0.0658. The van der Waals surface area contributed by atoms with E-state index in [-0.39, 0.29) is 5.78 Å². The normalized spacial score (nSPS) is 10.9. The van der Waals surface area contributed by atoms with Crippen molar-refractivity contribution < 1.29 is 4.79 Å². The molecule has 0 N–H and O–H groups in total. The number of pyridine rings is 1. The number of carbonyl (C=O) groups is 1. The Kier molecular flexibility index (Phi) is 4.20. The molecule has 0 atom stereocenters. The third-order valence-electron chi connectivity index (χ3n) is 3.21. The molecular weight excluding hydrogens is 274 g/mol. The first-order valence-corrected chi connectivity index (χ1v) is 7.00. The van der Waals surface area contributed by atoms with Crippen molar-refractivity contribution in [2.75, 3.05) is 0 Å². The lowest BCUT2D eigenvalue weighted by molar-refractivity contribution is 0.104. The Hall–Kier alpha value is -3.01. The van der Waals surface area contributed by atoms with E-state index in [0.29, 0.717) is 12.1 Å². The standard InChI is InChI=1S/C18H15N3O/c22-18(17-7-4-10-19-12-17)9-8-16-11-20-21(14-16)13-15-5-2-1-3-6-15/h1-12,14H,13H2/b9-8+. The number of benzene rings is 1. The van der Waals surface area contributed by atoms with Crippen LogP contribution in [-0.2, 0) is 6.54 Å². The second kappa shape index (κ2) is 6.63. The molecular formula is C18H15N3O. The number of nitrogens with zero attached hydrogens (tertiary/aromatic N) is 3. The number of hydrogen-bond acceptors (Lipinski definition) is 3. The minimum atomic E-state index is -0.0658. The van der Waals surface area contributed by atoms with Gasteiger partial charge in [0.1, 0.15) is 0 Å². The second-order valence-electron chi connectivity index (χ2n) is 4.90. The number of rotatable bonds is 5. The Morgan fingerprint density at radius 2 is 1.95 bits per heavy atom. The molecule has 2 aromatic heterocycles. The predicted molar refractivity (Wildman–Crippen MR) is 85.4 cm³/mol. The van der Waals surface area contributed by atoms with Crippen molar-refractivity contribution in [3.05, 3.63) is 90.0 Å². The van der Waals surface area contributed by atoms with Crippen LogP contribution in [0.5, 0.6) is 0 Å². The minimum Gasteiger partial charge on any atom is -0.289 e. The maximum absolute atomic E-state index is 12.0. The number of hydrogen-bond donors (Lipinski definition) is 0. The number of aromatic nitrogens is 3. The molecule has 4 nitrogen and oxygen atoms in total. The van der Waals surface area contributed by atoms with E-state index in [2.05, 4.69) is 22.2 Å². The summed E-state index contributed by atoms with van der Waals surface area (Å²) >= 11 is 0. The lowest BCUT2D eigenvalue weighted by Crippen LogP contribution is -1.99. The molecule has 0 aliphatic rings. The van der Waals surface area contributed by atoms with Gasteiger partial charge in [-0.1, -0.05) is 30.3 Å². The van der Waals surface area contributed by atoms with Crippen LogP contribution < -0.4 is 0 Å². The molecule has 0 saturated carbocycles. The van der Waals surface area contributed by atoms with Gasteiger partial charge in [0.25, 0.3) is 0 Å². The number of carbonyl (C=O) groups excluding carboxylic acids is 1. The van der Waals surface area contributed by atoms with E-state index >= 15 is 0 Å². The van der Waals surface area contributed by atoms with Crippen LogP contribution in [-0.4, -0.2) is 20.5 Å². The van der Waals surface area contributed by atoms with Gasteiger partial charge >= 0.3 is 0 Å². The fourth-order valence-corrected chi connectivity index (χ4v) is 2.10. The lowest BCUT2D eigenvalue weighted by Gasteiger charge is -2.00. The van der Waals surface area contributed by atoms with Crippen LogP contribution in [0.1, 0.15) is 21.5 Å². The third kappa shape index (κ3) is 3.55. The molecule has 4 heteroatoms. The Balaban J connectivity index is 1.67. The zero-order chi connectivity index (χ0) is 15.2. The van der Waals surface area contributed by atoms with Gasteiger partial charge in [0, 0.05) is 29.7 Å². The zero-order valence-corrected chi connectivity index (χ0v) is 12.0. The summed E-state index contributed by atoms with van der Waals surface area (Å²) in [6.07, 6.45) is 10.2. The predicted octanol–water partition coefficient (Wildman–Crippen LogP) is 3.22. The summed E-state index contributed by atoms with van der Waals surface area (Å²) < 4.78 is 1.85. The average molecular weight is 289 g/mol. The van der Waals surface area contributed by atoms with Crippen LogP contribution in [0.2, 0.25) is 0 Å². The van der Waals surface area contributed by atoms with Crippen molar-refractivity contribution in [2.24, 2.45) is 0 Å². The largest absolute Gasteiger partial charge is 0.289 e. The summed E-state index contributed by atoms with van der Waals surface area (Å²) in [5, 5.41) is 4.30. The molecule has 0 unspecified atom stereocenters. The van der Waals surface area contributed by atoms with Gasteiger partial charge < -0.3 is 0 Å². The SMILES string of the molecule is O=C(/C=C/c1cnn(Cc2ccccc2)c1)c1cccnc1. The molecule has 22 heavy (non-hydrogen) atoms. The first-order chi connectivity index (χ1) is 10.8. The van der Waals surface area contributed by atoms with E-state index in [1.54, 1.807) is 42.9 Å². The molecule has 0 aliphatic heterocycles. The van der Waals surface area contributed by atoms with Gasteiger partial charge in [-0.2, -0.15) is 5.10 Å². The van der Waals surface area contributed by atoms with Gasteiger partial charge in [-0.3, -0.25) is 14.5 Å². The maximum atomic E-state index is 12.0. The summed E-state index contributed by atoms with van der Waals surface area (Å²) in [6, 6.07) is 13.6. The Bertz CT molecular complexity index is 776. The van der Waals surface area contributed by atoms with Crippen LogP contribution in [0.3, 0.4) is 0 Å². The van der Waals surface area contributed by atoms with Crippen molar-refractivity contribution in [3.8, 4) is 0 Å². The highest BCUT2D eigenvalue weighted by atomic mass is 16.1. The smallest absolute Gasteiger partial charge is 0.187 e. The van der Waals surface area contributed by atoms with Gasteiger partial charge in [0.2, 0.25) is 0 Å². The molecule has 0 radical (unpaired) electrons. The second-order valence-corrected chi connectivity index (χ2v) is 4.90. The number of allylic oxidation sites excluding steroid dienone is 1. The quantitative estimate of drug-likeness (QED) is 0.535. The summed E-state index contributed by atoms with van der Waals surface area (Å²) in [7, 11) is 0. The van der Waals surface area contributed by atoms with Crippen LogP contribution in [0.15, 0.2) is 73.3 Å². The molecule has 0 aliphatic carbocycles. The van der Waals surface area contributed by atoms with Crippen LogP contribution >= 0.6 is 0 Å². The molecule has 0 fully saturated rings. The molecule has 0 spiro atoms. The summed E-state index contributed by atoms with van der Waals surface area (Å²) in [4.78, 5) is 15.9. The van der Waals surface area contributed by atoms with Crippen molar-refractivity contribution in [1.29, 1.82) is 0 Å². The summed E-state index contributed by atoms with van der Waals surface area (Å²) in [5.74, 6) is -0.0658. The maximum Gasteiger partial charge on any atom is 0.187 e. The fourth-order valence-electron chi connectivity index (χ4n) is 2.10. The van der Waals surface area contributed by atoms with E-state index in [9.17, 15) is 4.79 Å². The van der Waals surface area contributed by atoms with Gasteiger partial charge in [-0.25, -0.2) is 0 Å². The lowest BCUT2D eigenvalue weighted by atomic mass is 10.1.